The maximum absolute atomic E-state index is 12.2. The minimum absolute atomic E-state index is 0.125. The molecule has 0 aliphatic carbocycles. The number of carboxylic acid groups (broad SMARTS) is 1. The number of nitrogens with zero attached hydrogens (tertiary/aromatic N) is 1. The monoisotopic (exact) mass is 388 g/mol. The molecule has 1 heterocycles. The van der Waals surface area contributed by atoms with Crippen molar-refractivity contribution in [1.82, 2.24) is 4.90 Å². The standard InChI is InChI=1S/C14H17IN2O3/c15-10-5-6-12(11(9-10)13(18)19)16-14(20)17-7-3-1-2-4-8-17/h5-6,9H,1-4,7-8H2,(H,16,20)(H,18,19). The van der Waals surface area contributed by atoms with Crippen LogP contribution < -0.4 is 5.32 Å². The summed E-state index contributed by atoms with van der Waals surface area (Å²) in [6.07, 6.45) is 4.30. The van der Waals surface area contributed by atoms with Crippen molar-refractivity contribution in [3.05, 3.63) is 27.3 Å². The summed E-state index contributed by atoms with van der Waals surface area (Å²) in [6.45, 7) is 1.47. The van der Waals surface area contributed by atoms with Gasteiger partial charge in [0, 0.05) is 16.7 Å². The van der Waals surface area contributed by atoms with Gasteiger partial charge in [-0.25, -0.2) is 9.59 Å². The van der Waals surface area contributed by atoms with E-state index in [2.05, 4.69) is 27.9 Å². The lowest BCUT2D eigenvalue weighted by Crippen LogP contribution is -2.36. The molecular formula is C14H17IN2O3. The van der Waals surface area contributed by atoms with Crippen molar-refractivity contribution < 1.29 is 14.7 Å². The molecular weight excluding hydrogens is 371 g/mol. The van der Waals surface area contributed by atoms with Gasteiger partial charge in [-0.1, -0.05) is 12.8 Å². The van der Waals surface area contributed by atoms with E-state index in [0.717, 1.165) is 42.3 Å². The summed E-state index contributed by atoms with van der Waals surface area (Å²) < 4.78 is 0.827. The van der Waals surface area contributed by atoms with Crippen LogP contribution in [0.1, 0.15) is 36.0 Å². The Labute approximate surface area is 131 Å². The second-order valence-electron chi connectivity index (χ2n) is 4.83. The SMILES string of the molecule is O=C(O)c1cc(I)ccc1NC(=O)N1CCCCCC1. The summed E-state index contributed by atoms with van der Waals surface area (Å²) in [6, 6.07) is 4.77. The summed E-state index contributed by atoms with van der Waals surface area (Å²) >= 11 is 2.05. The van der Waals surface area contributed by atoms with Gasteiger partial charge in [-0.15, -0.1) is 0 Å². The second-order valence-corrected chi connectivity index (χ2v) is 6.07. The Morgan fingerprint density at radius 2 is 1.80 bits per heavy atom. The van der Waals surface area contributed by atoms with E-state index < -0.39 is 5.97 Å². The zero-order valence-corrected chi connectivity index (χ0v) is 13.2. The Hall–Kier alpha value is -1.31. The number of anilines is 1. The number of likely N-dealkylation sites (tertiary alicyclic amines) is 1. The summed E-state index contributed by atoms with van der Waals surface area (Å²) in [5.74, 6) is -1.03. The fraction of sp³-hybridized carbons (Fsp3) is 0.429. The Bertz CT molecular complexity index is 511. The van der Waals surface area contributed by atoms with Crippen molar-refractivity contribution in [2.45, 2.75) is 25.7 Å². The third-order valence-electron chi connectivity index (χ3n) is 3.35. The zero-order valence-electron chi connectivity index (χ0n) is 11.1. The van der Waals surface area contributed by atoms with Gasteiger partial charge >= 0.3 is 12.0 Å². The first-order valence-corrected chi connectivity index (χ1v) is 7.74. The van der Waals surface area contributed by atoms with Crippen LogP contribution in [0, 0.1) is 3.57 Å². The summed E-state index contributed by atoms with van der Waals surface area (Å²) in [7, 11) is 0. The van der Waals surface area contributed by atoms with E-state index in [9.17, 15) is 14.7 Å². The third kappa shape index (κ3) is 3.84. The number of carbonyl (C=O) groups excluding carboxylic acids is 1. The van der Waals surface area contributed by atoms with Crippen molar-refractivity contribution >= 4 is 40.3 Å². The fourth-order valence-corrected chi connectivity index (χ4v) is 2.76. The molecule has 0 spiro atoms. The maximum Gasteiger partial charge on any atom is 0.337 e. The minimum atomic E-state index is -1.03. The first kappa shape index (κ1) is 15.1. The molecule has 0 radical (unpaired) electrons. The number of amides is 2. The van der Waals surface area contributed by atoms with Crippen LogP contribution in [0.2, 0.25) is 0 Å². The van der Waals surface area contributed by atoms with Gasteiger partial charge in [-0.05, 0) is 53.6 Å². The second kappa shape index (κ2) is 6.92. The lowest BCUT2D eigenvalue weighted by molar-refractivity contribution is 0.0698. The van der Waals surface area contributed by atoms with E-state index in [-0.39, 0.29) is 11.6 Å². The van der Waals surface area contributed by atoms with Gasteiger partial charge in [-0.2, -0.15) is 0 Å². The molecule has 2 rings (SSSR count). The Morgan fingerprint density at radius 3 is 2.40 bits per heavy atom. The Kier molecular flexibility index (Phi) is 5.22. The van der Waals surface area contributed by atoms with Crippen LogP contribution in [0.15, 0.2) is 18.2 Å². The van der Waals surface area contributed by atoms with Gasteiger partial charge in [0.15, 0.2) is 0 Å². The number of benzene rings is 1. The molecule has 5 nitrogen and oxygen atoms in total. The van der Waals surface area contributed by atoms with Crippen LogP contribution in [0.3, 0.4) is 0 Å². The average molecular weight is 388 g/mol. The molecule has 1 aliphatic rings. The molecule has 108 valence electrons. The number of carboxylic acids is 1. The van der Waals surface area contributed by atoms with E-state index in [1.54, 1.807) is 23.1 Å². The normalized spacial score (nSPS) is 15.6. The van der Waals surface area contributed by atoms with Crippen LogP contribution >= 0.6 is 22.6 Å². The van der Waals surface area contributed by atoms with Crippen LogP contribution in [0.5, 0.6) is 0 Å². The number of urea groups is 1. The van der Waals surface area contributed by atoms with Crippen LogP contribution in [-0.2, 0) is 0 Å². The lowest BCUT2D eigenvalue weighted by atomic mass is 10.2. The smallest absolute Gasteiger partial charge is 0.337 e. The zero-order chi connectivity index (χ0) is 14.5. The fourth-order valence-electron chi connectivity index (χ4n) is 2.27. The highest BCUT2D eigenvalue weighted by atomic mass is 127. The van der Waals surface area contributed by atoms with E-state index in [1.165, 1.54) is 0 Å². The largest absolute Gasteiger partial charge is 0.478 e. The number of hydrogen-bond donors (Lipinski definition) is 2. The van der Waals surface area contributed by atoms with Gasteiger partial charge in [-0.3, -0.25) is 0 Å². The van der Waals surface area contributed by atoms with Gasteiger partial charge in [0.2, 0.25) is 0 Å². The predicted molar refractivity (Wildman–Crippen MR) is 85.2 cm³/mol. The highest BCUT2D eigenvalue weighted by Gasteiger charge is 2.18. The molecule has 1 aromatic carbocycles. The van der Waals surface area contributed by atoms with E-state index in [1.807, 2.05) is 0 Å². The molecule has 1 aromatic rings. The number of nitrogens with one attached hydrogen (secondary N) is 1. The van der Waals surface area contributed by atoms with E-state index in [4.69, 9.17) is 0 Å². The van der Waals surface area contributed by atoms with Crippen molar-refractivity contribution in [3.63, 3.8) is 0 Å². The van der Waals surface area contributed by atoms with Crippen LogP contribution in [-0.4, -0.2) is 35.1 Å². The molecule has 2 N–H and O–H groups in total. The molecule has 2 amide bonds. The average Bonchev–Trinajstić information content (AvgIpc) is 2.69. The molecule has 0 aromatic heterocycles. The third-order valence-corrected chi connectivity index (χ3v) is 4.02. The number of rotatable bonds is 2. The van der Waals surface area contributed by atoms with Crippen LogP contribution in [0.25, 0.3) is 0 Å². The van der Waals surface area contributed by atoms with Gasteiger partial charge in [0.25, 0.3) is 0 Å². The van der Waals surface area contributed by atoms with E-state index in [0.29, 0.717) is 5.69 Å². The number of aromatic carboxylic acids is 1. The molecule has 1 aliphatic heterocycles. The van der Waals surface area contributed by atoms with Crippen molar-refractivity contribution in [1.29, 1.82) is 0 Å². The lowest BCUT2D eigenvalue weighted by Gasteiger charge is -2.21. The number of hydrogen-bond acceptors (Lipinski definition) is 2. The molecule has 20 heavy (non-hydrogen) atoms. The van der Waals surface area contributed by atoms with Crippen LogP contribution in [0.4, 0.5) is 10.5 Å². The first-order chi connectivity index (χ1) is 9.58. The summed E-state index contributed by atoms with van der Waals surface area (Å²) in [5, 5.41) is 11.9. The Balaban J connectivity index is 2.12. The van der Waals surface area contributed by atoms with Gasteiger partial charge in [0.1, 0.15) is 0 Å². The highest BCUT2D eigenvalue weighted by molar-refractivity contribution is 14.1. The molecule has 0 atom stereocenters. The Morgan fingerprint density at radius 1 is 1.15 bits per heavy atom. The van der Waals surface area contributed by atoms with Gasteiger partial charge < -0.3 is 15.3 Å². The summed E-state index contributed by atoms with van der Waals surface area (Å²) in [4.78, 5) is 25.2. The van der Waals surface area contributed by atoms with Gasteiger partial charge in [0.05, 0.1) is 11.3 Å². The molecule has 0 bridgehead atoms. The van der Waals surface area contributed by atoms with E-state index >= 15 is 0 Å². The maximum atomic E-state index is 12.2. The van der Waals surface area contributed by atoms with Crippen molar-refractivity contribution in [2.24, 2.45) is 0 Å². The molecule has 1 fully saturated rings. The summed E-state index contributed by atoms with van der Waals surface area (Å²) in [5.41, 5.74) is 0.479. The quantitative estimate of drug-likeness (QED) is 0.764. The molecule has 1 saturated heterocycles. The number of halogens is 1. The van der Waals surface area contributed by atoms with Crippen molar-refractivity contribution in [2.75, 3.05) is 18.4 Å². The van der Waals surface area contributed by atoms with Crippen molar-refractivity contribution in [3.8, 4) is 0 Å². The number of carbonyl (C=O) groups is 2. The molecule has 0 unspecified atom stereocenters. The predicted octanol–water partition coefficient (Wildman–Crippen LogP) is 3.40. The topological polar surface area (TPSA) is 69.6 Å². The molecule has 6 heteroatoms. The highest BCUT2D eigenvalue weighted by Crippen LogP contribution is 2.20. The molecule has 0 saturated carbocycles. The first-order valence-electron chi connectivity index (χ1n) is 6.66. The minimum Gasteiger partial charge on any atom is -0.478 e.